The monoisotopic (exact) mass is 256 g/mol. The lowest BCUT2D eigenvalue weighted by Gasteiger charge is -2.21. The van der Waals surface area contributed by atoms with Crippen LogP contribution in [-0.2, 0) is 4.79 Å². The van der Waals surface area contributed by atoms with Crippen LogP contribution in [0.1, 0.15) is 6.92 Å². The maximum atomic E-state index is 11.1. The summed E-state index contributed by atoms with van der Waals surface area (Å²) >= 11 is 3.90. The molecule has 14 heavy (non-hydrogen) atoms. The SMILES string of the molecule is CC(N)C(=O)NCC1CSCCS1.Cl. The van der Waals surface area contributed by atoms with E-state index in [1.54, 1.807) is 6.92 Å². The average molecular weight is 257 g/mol. The van der Waals surface area contributed by atoms with Crippen LogP contribution in [-0.4, -0.2) is 41.0 Å². The highest BCUT2D eigenvalue weighted by molar-refractivity contribution is 8.06. The minimum atomic E-state index is -0.388. The summed E-state index contributed by atoms with van der Waals surface area (Å²) in [5.74, 6) is 3.53. The molecular weight excluding hydrogens is 240 g/mol. The first-order chi connectivity index (χ1) is 6.20. The molecule has 0 aromatic carbocycles. The summed E-state index contributed by atoms with van der Waals surface area (Å²) in [7, 11) is 0. The largest absolute Gasteiger partial charge is 0.354 e. The van der Waals surface area contributed by atoms with Gasteiger partial charge in [-0.25, -0.2) is 0 Å². The van der Waals surface area contributed by atoms with Gasteiger partial charge in [-0.15, -0.1) is 12.4 Å². The van der Waals surface area contributed by atoms with E-state index < -0.39 is 0 Å². The van der Waals surface area contributed by atoms with Crippen molar-refractivity contribution in [2.24, 2.45) is 5.73 Å². The van der Waals surface area contributed by atoms with Crippen molar-refractivity contribution in [1.29, 1.82) is 0 Å². The van der Waals surface area contributed by atoms with Gasteiger partial charge in [-0.3, -0.25) is 4.79 Å². The van der Waals surface area contributed by atoms with Gasteiger partial charge in [0.25, 0.3) is 0 Å². The van der Waals surface area contributed by atoms with Crippen molar-refractivity contribution in [3.63, 3.8) is 0 Å². The zero-order valence-corrected chi connectivity index (χ0v) is 10.6. The van der Waals surface area contributed by atoms with Crippen LogP contribution >= 0.6 is 35.9 Å². The molecule has 1 amide bonds. The summed E-state index contributed by atoms with van der Waals surface area (Å²) in [4.78, 5) is 11.1. The molecule has 3 nitrogen and oxygen atoms in total. The Morgan fingerprint density at radius 3 is 2.86 bits per heavy atom. The number of carbonyl (C=O) groups is 1. The van der Waals surface area contributed by atoms with Crippen molar-refractivity contribution in [3.8, 4) is 0 Å². The van der Waals surface area contributed by atoms with Gasteiger partial charge in [0.1, 0.15) is 0 Å². The van der Waals surface area contributed by atoms with Gasteiger partial charge < -0.3 is 11.1 Å². The Bertz CT molecular complexity index is 175. The molecule has 0 spiro atoms. The Morgan fingerprint density at radius 2 is 2.36 bits per heavy atom. The number of nitrogens with two attached hydrogens (primary N) is 1. The van der Waals surface area contributed by atoms with E-state index >= 15 is 0 Å². The zero-order valence-electron chi connectivity index (χ0n) is 8.19. The molecule has 2 unspecified atom stereocenters. The lowest BCUT2D eigenvalue weighted by Crippen LogP contribution is -2.42. The molecule has 0 aromatic heterocycles. The third-order valence-electron chi connectivity index (χ3n) is 1.80. The van der Waals surface area contributed by atoms with Crippen LogP contribution in [0.5, 0.6) is 0 Å². The van der Waals surface area contributed by atoms with Crippen LogP contribution in [0.25, 0.3) is 0 Å². The summed E-state index contributed by atoms with van der Waals surface area (Å²) in [6, 6.07) is -0.388. The van der Waals surface area contributed by atoms with Crippen molar-refractivity contribution in [2.75, 3.05) is 23.8 Å². The summed E-state index contributed by atoms with van der Waals surface area (Å²) in [5, 5.41) is 3.42. The highest BCUT2D eigenvalue weighted by atomic mass is 35.5. The third-order valence-corrected chi connectivity index (χ3v) is 4.65. The summed E-state index contributed by atoms with van der Waals surface area (Å²) in [6.45, 7) is 2.47. The summed E-state index contributed by atoms with van der Waals surface area (Å²) < 4.78 is 0. The van der Waals surface area contributed by atoms with E-state index in [9.17, 15) is 4.79 Å². The highest BCUT2D eigenvalue weighted by Crippen LogP contribution is 2.23. The normalized spacial score (nSPS) is 23.4. The van der Waals surface area contributed by atoms with Crippen LogP contribution in [0.15, 0.2) is 0 Å². The van der Waals surface area contributed by atoms with E-state index in [0.717, 1.165) is 12.3 Å². The quantitative estimate of drug-likeness (QED) is 0.782. The second-order valence-electron chi connectivity index (χ2n) is 3.10. The number of rotatable bonds is 3. The fourth-order valence-electron chi connectivity index (χ4n) is 1.03. The maximum absolute atomic E-state index is 11.1. The second kappa shape index (κ2) is 7.68. The number of amides is 1. The van der Waals surface area contributed by atoms with Gasteiger partial charge in [-0.05, 0) is 6.92 Å². The second-order valence-corrected chi connectivity index (χ2v) is 5.66. The molecule has 6 heteroatoms. The number of thioether (sulfide) groups is 2. The zero-order chi connectivity index (χ0) is 9.68. The molecular formula is C8H17ClN2OS2. The molecule has 1 rings (SSSR count). The van der Waals surface area contributed by atoms with Crippen molar-refractivity contribution in [2.45, 2.75) is 18.2 Å². The minimum absolute atomic E-state index is 0. The van der Waals surface area contributed by atoms with Gasteiger partial charge >= 0.3 is 0 Å². The third kappa shape index (κ3) is 5.34. The number of halogens is 1. The summed E-state index contributed by atoms with van der Waals surface area (Å²) in [6.07, 6.45) is 0. The standard InChI is InChI=1S/C8H16N2OS2.ClH/c1-6(9)8(11)10-4-7-5-12-2-3-13-7;/h6-7H,2-5,9H2,1H3,(H,10,11);1H. The maximum Gasteiger partial charge on any atom is 0.236 e. The van der Waals surface area contributed by atoms with Crippen molar-refractivity contribution >= 4 is 41.8 Å². The van der Waals surface area contributed by atoms with Crippen LogP contribution in [0, 0.1) is 0 Å². The molecule has 3 N–H and O–H groups in total. The lowest BCUT2D eigenvalue weighted by molar-refractivity contribution is -0.121. The number of carbonyl (C=O) groups excluding carboxylic acids is 1. The molecule has 1 fully saturated rings. The van der Waals surface area contributed by atoms with E-state index in [1.165, 1.54) is 11.5 Å². The lowest BCUT2D eigenvalue weighted by atomic mass is 10.3. The topological polar surface area (TPSA) is 55.1 Å². The molecule has 1 saturated heterocycles. The molecule has 0 saturated carbocycles. The molecule has 0 bridgehead atoms. The molecule has 0 aromatic rings. The predicted molar refractivity (Wildman–Crippen MR) is 67.5 cm³/mol. The van der Waals surface area contributed by atoms with E-state index in [1.807, 2.05) is 23.5 Å². The Morgan fingerprint density at radius 1 is 1.64 bits per heavy atom. The average Bonchev–Trinajstić information content (AvgIpc) is 2.15. The molecule has 0 aliphatic carbocycles. The predicted octanol–water partition coefficient (Wildman–Crippen LogP) is 0.720. The van der Waals surface area contributed by atoms with Gasteiger partial charge in [0.15, 0.2) is 0 Å². The van der Waals surface area contributed by atoms with Crippen molar-refractivity contribution in [3.05, 3.63) is 0 Å². The van der Waals surface area contributed by atoms with E-state index in [2.05, 4.69) is 5.32 Å². The first-order valence-corrected chi connectivity index (χ1v) is 6.63. The van der Waals surface area contributed by atoms with Crippen LogP contribution < -0.4 is 11.1 Å². The van der Waals surface area contributed by atoms with Gasteiger partial charge in [-0.2, -0.15) is 23.5 Å². The smallest absolute Gasteiger partial charge is 0.236 e. The fraction of sp³-hybridized carbons (Fsp3) is 0.875. The van der Waals surface area contributed by atoms with Gasteiger partial charge in [0, 0.05) is 29.1 Å². The van der Waals surface area contributed by atoms with Gasteiger partial charge in [0.2, 0.25) is 5.91 Å². The molecule has 2 atom stereocenters. The first-order valence-electron chi connectivity index (χ1n) is 4.43. The van der Waals surface area contributed by atoms with Crippen molar-refractivity contribution in [1.82, 2.24) is 5.32 Å². The molecule has 1 aliphatic heterocycles. The number of hydrogen-bond donors (Lipinski definition) is 2. The molecule has 0 radical (unpaired) electrons. The van der Waals surface area contributed by atoms with E-state index in [-0.39, 0.29) is 24.4 Å². The molecule has 84 valence electrons. The minimum Gasteiger partial charge on any atom is -0.354 e. The number of hydrogen-bond acceptors (Lipinski definition) is 4. The summed E-state index contributed by atoms with van der Waals surface area (Å²) in [5.41, 5.74) is 5.43. The van der Waals surface area contributed by atoms with Crippen LogP contribution in [0.4, 0.5) is 0 Å². The molecule has 1 heterocycles. The van der Waals surface area contributed by atoms with E-state index in [4.69, 9.17) is 5.73 Å². The van der Waals surface area contributed by atoms with Crippen LogP contribution in [0.2, 0.25) is 0 Å². The fourth-order valence-corrected chi connectivity index (χ4v) is 3.64. The Balaban J connectivity index is 0.00000169. The highest BCUT2D eigenvalue weighted by Gasteiger charge is 2.15. The van der Waals surface area contributed by atoms with Gasteiger partial charge in [-0.1, -0.05) is 0 Å². The molecule has 1 aliphatic rings. The van der Waals surface area contributed by atoms with Crippen LogP contribution in [0.3, 0.4) is 0 Å². The van der Waals surface area contributed by atoms with E-state index in [0.29, 0.717) is 5.25 Å². The Kier molecular flexibility index (Phi) is 7.91. The number of nitrogens with one attached hydrogen (secondary N) is 1. The Hall–Kier alpha value is 0.420. The Labute approximate surface area is 99.7 Å². The van der Waals surface area contributed by atoms with Crippen molar-refractivity contribution < 1.29 is 4.79 Å². The first kappa shape index (κ1) is 14.4. The van der Waals surface area contributed by atoms with Gasteiger partial charge in [0.05, 0.1) is 6.04 Å².